The molecule has 2 heterocycles. The summed E-state index contributed by atoms with van der Waals surface area (Å²) in [6.45, 7) is 0.178. The van der Waals surface area contributed by atoms with Crippen LogP contribution >= 0.6 is 27.5 Å². The van der Waals surface area contributed by atoms with Crippen LogP contribution in [0.2, 0.25) is 5.02 Å². The molecule has 5 nitrogen and oxygen atoms in total. The molecule has 0 fully saturated rings. The Morgan fingerprint density at radius 2 is 1.87 bits per heavy atom. The lowest BCUT2D eigenvalue weighted by Gasteiger charge is -2.31. The second kappa shape index (κ2) is 8.15. The molecule has 0 unspecified atom stereocenters. The highest BCUT2D eigenvalue weighted by molar-refractivity contribution is 9.10. The van der Waals surface area contributed by atoms with Gasteiger partial charge in [0.25, 0.3) is 0 Å². The topological polar surface area (TPSA) is 63.1 Å². The molecule has 0 radical (unpaired) electrons. The van der Waals surface area contributed by atoms with Crippen LogP contribution in [0.5, 0.6) is 17.2 Å². The molecule has 2 N–H and O–H groups in total. The van der Waals surface area contributed by atoms with Crippen molar-refractivity contribution in [2.75, 3.05) is 6.79 Å². The second-order valence-corrected chi connectivity index (χ2v) is 8.69. The van der Waals surface area contributed by atoms with Crippen LogP contribution in [0.4, 0.5) is 4.39 Å². The van der Waals surface area contributed by atoms with E-state index in [1.54, 1.807) is 30.3 Å². The zero-order chi connectivity index (χ0) is 21.5. The second-order valence-electron chi connectivity index (χ2n) is 7.34. The normalized spacial score (nSPS) is 19.9. The van der Waals surface area contributed by atoms with Crippen LogP contribution in [-0.4, -0.2) is 17.6 Å². The van der Waals surface area contributed by atoms with Crippen LogP contribution in [-0.2, 0) is 0 Å². The smallest absolute Gasteiger partial charge is 0.231 e. The summed E-state index contributed by atoms with van der Waals surface area (Å²) in [6.07, 6.45) is -0.185. The van der Waals surface area contributed by atoms with Gasteiger partial charge in [-0.1, -0.05) is 27.5 Å². The maximum atomic E-state index is 14.7. The molecule has 0 amide bonds. The summed E-state index contributed by atoms with van der Waals surface area (Å²) in [4.78, 5) is 4.81. The number of nitrogens with one attached hydrogen (secondary N) is 1. The van der Waals surface area contributed by atoms with Crippen LogP contribution in [0, 0.1) is 5.82 Å². The molecule has 5 rings (SSSR count). The monoisotopic (exact) mass is 502 g/mol. The summed E-state index contributed by atoms with van der Waals surface area (Å²) in [7, 11) is 0. The van der Waals surface area contributed by atoms with E-state index < -0.39 is 6.17 Å². The van der Waals surface area contributed by atoms with E-state index >= 15 is 0 Å². The van der Waals surface area contributed by atoms with Gasteiger partial charge in [0.1, 0.15) is 17.7 Å². The number of aromatic hydroxyl groups is 1. The van der Waals surface area contributed by atoms with Crippen LogP contribution < -0.4 is 14.8 Å². The molecule has 3 aromatic rings. The van der Waals surface area contributed by atoms with Crippen molar-refractivity contribution in [3.63, 3.8) is 0 Å². The van der Waals surface area contributed by atoms with Crippen molar-refractivity contribution in [3.8, 4) is 17.2 Å². The van der Waals surface area contributed by atoms with Crippen LogP contribution in [0.1, 0.15) is 35.3 Å². The highest BCUT2D eigenvalue weighted by Crippen LogP contribution is 2.38. The molecule has 3 aromatic carbocycles. The first-order valence-electron chi connectivity index (χ1n) is 9.64. The minimum Gasteiger partial charge on any atom is -0.508 e. The van der Waals surface area contributed by atoms with Crippen molar-refractivity contribution < 1.29 is 19.0 Å². The average molecular weight is 504 g/mol. The van der Waals surface area contributed by atoms with Gasteiger partial charge >= 0.3 is 0 Å². The minimum atomic E-state index is -0.657. The molecule has 31 heavy (non-hydrogen) atoms. The Hall–Kier alpha value is -2.61. The first-order valence-corrected chi connectivity index (χ1v) is 10.8. The van der Waals surface area contributed by atoms with E-state index in [4.69, 9.17) is 26.1 Å². The van der Waals surface area contributed by atoms with Gasteiger partial charge in [-0.25, -0.2) is 4.39 Å². The average Bonchev–Trinajstić information content (AvgIpc) is 3.24. The summed E-state index contributed by atoms with van der Waals surface area (Å²) in [5, 5.41) is 14.3. The number of benzene rings is 3. The van der Waals surface area contributed by atoms with Gasteiger partial charge in [-0.05, 0) is 60.2 Å². The Morgan fingerprint density at radius 1 is 1.03 bits per heavy atom. The molecule has 0 spiro atoms. The maximum Gasteiger partial charge on any atom is 0.231 e. The molecule has 2 aliphatic rings. The quantitative estimate of drug-likeness (QED) is 0.467. The van der Waals surface area contributed by atoms with E-state index in [9.17, 15) is 9.50 Å². The molecule has 158 valence electrons. The number of phenols is 1. The molecular weight excluding hydrogens is 487 g/mol. The molecule has 0 aromatic heterocycles. The Labute approximate surface area is 191 Å². The Balaban J connectivity index is 1.60. The molecule has 8 heteroatoms. The van der Waals surface area contributed by atoms with Crippen LogP contribution in [0.25, 0.3) is 0 Å². The number of fused-ring (bicyclic) bond motifs is 1. The number of phenolic OH excluding ortho intramolecular Hbond substituents is 1. The van der Waals surface area contributed by atoms with E-state index in [1.807, 2.05) is 18.2 Å². The SMILES string of the molecule is Oc1ccc(Cl)cc1[C@H]1CC(c2ccc3c(c2)OCO3)=N[C@@H](c2cc(Br)ccc2F)N1. The van der Waals surface area contributed by atoms with Gasteiger partial charge in [-0.3, -0.25) is 10.3 Å². The third kappa shape index (κ3) is 4.01. The highest BCUT2D eigenvalue weighted by atomic mass is 79.9. The van der Waals surface area contributed by atoms with E-state index in [1.165, 1.54) is 6.07 Å². The number of ether oxygens (including phenoxy) is 2. The van der Waals surface area contributed by atoms with Gasteiger partial charge in [0.05, 0.1) is 0 Å². The number of nitrogens with zero attached hydrogens (tertiary/aromatic N) is 1. The predicted octanol–water partition coefficient (Wildman–Crippen LogP) is 5.90. The summed E-state index contributed by atoms with van der Waals surface area (Å²) in [5.74, 6) is 1.07. The van der Waals surface area contributed by atoms with Crippen molar-refractivity contribution in [1.82, 2.24) is 5.32 Å². The summed E-state index contributed by atoms with van der Waals surface area (Å²) in [5.41, 5.74) is 2.63. The lowest BCUT2D eigenvalue weighted by Crippen LogP contribution is -2.33. The number of halogens is 3. The largest absolute Gasteiger partial charge is 0.508 e. The summed E-state index contributed by atoms with van der Waals surface area (Å²) >= 11 is 9.59. The van der Waals surface area contributed by atoms with Gasteiger partial charge in [0.15, 0.2) is 11.5 Å². The third-order valence-corrected chi connectivity index (χ3v) is 6.09. The molecule has 2 aliphatic heterocycles. The summed E-state index contributed by atoms with van der Waals surface area (Å²) < 4.78 is 26.4. The fraction of sp³-hybridized carbons (Fsp3) is 0.174. The van der Waals surface area contributed by atoms with Crippen molar-refractivity contribution in [2.45, 2.75) is 18.6 Å². The van der Waals surface area contributed by atoms with Gasteiger partial charge in [0, 0.05) is 38.8 Å². The van der Waals surface area contributed by atoms with E-state index in [0.717, 1.165) is 15.7 Å². The Kier molecular flexibility index (Phi) is 5.33. The van der Waals surface area contributed by atoms with Crippen molar-refractivity contribution in [3.05, 3.63) is 86.6 Å². The molecular formula is C23H17BrClFN2O3. The van der Waals surface area contributed by atoms with Crippen molar-refractivity contribution >= 4 is 33.2 Å². The van der Waals surface area contributed by atoms with Crippen LogP contribution in [0.3, 0.4) is 0 Å². The van der Waals surface area contributed by atoms with Gasteiger partial charge in [0.2, 0.25) is 6.79 Å². The molecule has 0 aliphatic carbocycles. The molecule has 0 saturated carbocycles. The van der Waals surface area contributed by atoms with E-state index in [0.29, 0.717) is 34.1 Å². The van der Waals surface area contributed by atoms with Crippen LogP contribution in [0.15, 0.2) is 64.1 Å². The highest BCUT2D eigenvalue weighted by Gasteiger charge is 2.30. The first-order chi connectivity index (χ1) is 15.0. The number of rotatable bonds is 3. The van der Waals surface area contributed by atoms with Gasteiger partial charge < -0.3 is 14.6 Å². The Bertz CT molecular complexity index is 1200. The summed E-state index contributed by atoms with van der Waals surface area (Å²) in [6, 6.07) is 14.9. The fourth-order valence-corrected chi connectivity index (χ4v) is 4.40. The standard InChI is InChI=1S/C23H17BrClFN2O3/c24-13-2-4-17(26)15(8-13)23-27-18(12-1-6-21-22(7-12)31-11-30-21)10-19(28-23)16-9-14(25)3-5-20(16)29/h1-9,19,23,28-29H,10-11H2/t19-,23-/m1/s1. The van der Waals surface area contributed by atoms with Crippen molar-refractivity contribution in [2.24, 2.45) is 4.99 Å². The number of hydrogen-bond donors (Lipinski definition) is 2. The zero-order valence-corrected chi connectivity index (χ0v) is 18.5. The van der Waals surface area contributed by atoms with Crippen molar-refractivity contribution in [1.29, 1.82) is 0 Å². The lowest BCUT2D eigenvalue weighted by molar-refractivity contribution is 0.174. The number of aliphatic imine (C=N–C) groups is 1. The van der Waals surface area contributed by atoms with Gasteiger partial charge in [-0.15, -0.1) is 0 Å². The minimum absolute atomic E-state index is 0.113. The Morgan fingerprint density at radius 3 is 2.74 bits per heavy atom. The number of hydrogen-bond acceptors (Lipinski definition) is 5. The zero-order valence-electron chi connectivity index (χ0n) is 16.1. The lowest BCUT2D eigenvalue weighted by atomic mass is 9.93. The maximum absolute atomic E-state index is 14.7. The predicted molar refractivity (Wildman–Crippen MR) is 120 cm³/mol. The van der Waals surface area contributed by atoms with E-state index in [-0.39, 0.29) is 24.4 Å². The van der Waals surface area contributed by atoms with Gasteiger partial charge in [-0.2, -0.15) is 0 Å². The molecule has 2 atom stereocenters. The molecule has 0 saturated heterocycles. The molecule has 0 bridgehead atoms. The third-order valence-electron chi connectivity index (χ3n) is 5.36. The van der Waals surface area contributed by atoms with E-state index in [2.05, 4.69) is 21.2 Å². The first kappa shape index (κ1) is 20.3. The fourth-order valence-electron chi connectivity index (χ4n) is 3.84.